The van der Waals surface area contributed by atoms with E-state index in [1.807, 2.05) is 19.1 Å². The van der Waals surface area contributed by atoms with Gasteiger partial charge in [0, 0.05) is 35.9 Å². The summed E-state index contributed by atoms with van der Waals surface area (Å²) < 4.78 is 57.7. The Morgan fingerprint density at radius 2 is 1.74 bits per heavy atom. The van der Waals surface area contributed by atoms with Crippen LogP contribution < -0.4 is 10.1 Å². The van der Waals surface area contributed by atoms with Crippen LogP contribution in [0.5, 0.6) is 5.88 Å². The number of nitrogens with one attached hydrogen (secondary N) is 1. The lowest BCUT2D eigenvalue weighted by molar-refractivity contribution is -0.138. The van der Waals surface area contributed by atoms with Crippen molar-refractivity contribution in [2.24, 2.45) is 0 Å². The van der Waals surface area contributed by atoms with Crippen molar-refractivity contribution in [2.75, 3.05) is 6.54 Å². The molecule has 35 heavy (non-hydrogen) atoms. The van der Waals surface area contributed by atoms with E-state index in [9.17, 15) is 22.4 Å². The lowest BCUT2D eigenvalue weighted by atomic mass is 9.83. The summed E-state index contributed by atoms with van der Waals surface area (Å²) in [6.45, 7) is 5.02. The molecule has 2 heterocycles. The van der Waals surface area contributed by atoms with E-state index in [0.29, 0.717) is 16.8 Å². The van der Waals surface area contributed by atoms with Gasteiger partial charge in [-0.15, -0.1) is 0 Å². The van der Waals surface area contributed by atoms with Crippen molar-refractivity contribution < 1.29 is 27.1 Å². The van der Waals surface area contributed by atoms with Crippen LogP contribution in [0.2, 0.25) is 5.02 Å². The van der Waals surface area contributed by atoms with Gasteiger partial charge in [0.25, 0.3) is 5.91 Å². The summed E-state index contributed by atoms with van der Waals surface area (Å²) in [4.78, 5) is 20.5. The molecule has 1 aromatic carbocycles. The van der Waals surface area contributed by atoms with Crippen LogP contribution >= 0.6 is 11.6 Å². The Hall–Kier alpha value is -3.20. The number of hydrogen-bond donors (Lipinski definition) is 1. The molecule has 0 saturated heterocycles. The van der Waals surface area contributed by atoms with Crippen molar-refractivity contribution in [3.63, 3.8) is 0 Å². The molecule has 10 heteroatoms. The van der Waals surface area contributed by atoms with Crippen LogP contribution in [0, 0.1) is 5.82 Å². The number of alkyl halides is 3. The highest BCUT2D eigenvalue weighted by molar-refractivity contribution is 6.30. The van der Waals surface area contributed by atoms with E-state index in [1.165, 1.54) is 19.9 Å². The summed E-state index contributed by atoms with van der Waals surface area (Å²) in [5.41, 5.74) is -0.839. The van der Waals surface area contributed by atoms with E-state index in [2.05, 4.69) is 15.3 Å². The molecule has 1 N–H and O–H groups in total. The quantitative estimate of drug-likeness (QED) is 0.370. The third kappa shape index (κ3) is 6.91. The highest BCUT2D eigenvalue weighted by Crippen LogP contribution is 2.33. The van der Waals surface area contributed by atoms with Gasteiger partial charge in [0.05, 0.1) is 11.8 Å². The SMILES string of the molecule is CC(c1ccc(Cl)cc1)C(CNC(=O)C(C)(C)Oc1ccc(C(F)(F)F)cn1)c1cncc(F)c1. The number of nitrogens with zero attached hydrogens (tertiary/aromatic N) is 2. The largest absolute Gasteiger partial charge is 0.462 e. The molecule has 0 saturated carbocycles. The molecular formula is C25H24ClF4N3O2. The molecule has 1 amide bonds. The predicted octanol–water partition coefficient (Wildman–Crippen LogP) is 6.15. The second-order valence-corrected chi connectivity index (χ2v) is 9.02. The minimum absolute atomic E-state index is 0.126. The molecule has 0 aliphatic rings. The van der Waals surface area contributed by atoms with Crippen LogP contribution in [0.4, 0.5) is 17.6 Å². The molecule has 3 rings (SSSR count). The molecule has 186 valence electrons. The molecule has 2 atom stereocenters. The van der Waals surface area contributed by atoms with Crippen molar-refractivity contribution in [1.29, 1.82) is 0 Å². The first-order valence-electron chi connectivity index (χ1n) is 10.7. The van der Waals surface area contributed by atoms with E-state index in [4.69, 9.17) is 16.3 Å². The number of rotatable bonds is 8. The molecule has 3 aromatic rings. The fraction of sp³-hybridized carbons (Fsp3) is 0.320. The smallest absolute Gasteiger partial charge is 0.417 e. The number of carbonyl (C=O) groups excluding carboxylic acids is 1. The number of halogens is 5. The lowest BCUT2D eigenvalue weighted by Gasteiger charge is -2.29. The fourth-order valence-corrected chi connectivity index (χ4v) is 3.67. The van der Waals surface area contributed by atoms with E-state index < -0.39 is 29.1 Å². The molecule has 0 aliphatic heterocycles. The minimum Gasteiger partial charge on any atom is -0.462 e. The second kappa shape index (κ2) is 10.6. The maximum absolute atomic E-state index is 13.9. The van der Waals surface area contributed by atoms with Crippen LogP contribution in [0.1, 0.15) is 49.3 Å². The van der Waals surface area contributed by atoms with E-state index in [1.54, 1.807) is 18.3 Å². The summed E-state index contributed by atoms with van der Waals surface area (Å²) in [6, 6.07) is 10.5. The van der Waals surface area contributed by atoms with Gasteiger partial charge in [0.15, 0.2) is 5.60 Å². The summed E-state index contributed by atoms with van der Waals surface area (Å²) in [6.07, 6.45) is -1.25. The first-order chi connectivity index (χ1) is 16.4. The average molecular weight is 510 g/mol. The molecule has 2 aromatic heterocycles. The zero-order valence-corrected chi connectivity index (χ0v) is 20.0. The summed E-state index contributed by atoms with van der Waals surface area (Å²) >= 11 is 5.99. The number of aromatic nitrogens is 2. The monoisotopic (exact) mass is 509 g/mol. The van der Waals surface area contributed by atoms with Crippen LogP contribution in [-0.2, 0) is 11.0 Å². The third-order valence-electron chi connectivity index (χ3n) is 5.61. The van der Waals surface area contributed by atoms with Gasteiger partial charge >= 0.3 is 6.18 Å². The summed E-state index contributed by atoms with van der Waals surface area (Å²) in [5.74, 6) is -1.63. The lowest BCUT2D eigenvalue weighted by Crippen LogP contribution is -2.48. The average Bonchev–Trinajstić information content (AvgIpc) is 2.79. The molecule has 0 fully saturated rings. The second-order valence-electron chi connectivity index (χ2n) is 8.59. The molecule has 5 nitrogen and oxygen atoms in total. The van der Waals surface area contributed by atoms with Crippen molar-refractivity contribution in [2.45, 2.75) is 44.4 Å². The third-order valence-corrected chi connectivity index (χ3v) is 5.86. The zero-order valence-electron chi connectivity index (χ0n) is 19.2. The van der Waals surface area contributed by atoms with Gasteiger partial charge in [0.1, 0.15) is 5.82 Å². The first-order valence-corrected chi connectivity index (χ1v) is 11.1. The minimum atomic E-state index is -4.53. The number of pyridine rings is 2. The van der Waals surface area contributed by atoms with Crippen molar-refractivity contribution >= 4 is 17.5 Å². The number of hydrogen-bond acceptors (Lipinski definition) is 4. The number of amides is 1. The molecule has 0 aliphatic carbocycles. The molecule has 0 spiro atoms. The highest BCUT2D eigenvalue weighted by atomic mass is 35.5. The number of carbonyl (C=O) groups is 1. The Morgan fingerprint density at radius 3 is 2.31 bits per heavy atom. The summed E-state index contributed by atoms with van der Waals surface area (Å²) in [7, 11) is 0. The molecule has 2 unspecified atom stereocenters. The van der Waals surface area contributed by atoms with Crippen LogP contribution in [0.3, 0.4) is 0 Å². The molecule has 0 bridgehead atoms. The van der Waals surface area contributed by atoms with Gasteiger partial charge in [-0.25, -0.2) is 9.37 Å². The Bertz CT molecular complexity index is 1150. The zero-order chi connectivity index (χ0) is 25.8. The normalized spacial score (nSPS) is 13.7. The van der Waals surface area contributed by atoms with Gasteiger partial charge in [-0.3, -0.25) is 9.78 Å². The molecular weight excluding hydrogens is 486 g/mol. The highest BCUT2D eigenvalue weighted by Gasteiger charge is 2.34. The number of benzene rings is 1. The van der Waals surface area contributed by atoms with Crippen LogP contribution in [0.25, 0.3) is 0 Å². The maximum atomic E-state index is 13.9. The predicted molar refractivity (Wildman–Crippen MR) is 124 cm³/mol. The fourth-order valence-electron chi connectivity index (χ4n) is 3.54. The standard InChI is InChI=1S/C25H24ClF4N3O2/c1-15(16-4-7-19(26)8-5-16)21(17-10-20(27)13-31-11-17)14-33-23(34)24(2,3)35-22-9-6-18(12-32-22)25(28,29)30/h4-13,15,21H,14H2,1-3H3,(H,33,34). The van der Waals surface area contributed by atoms with Crippen LogP contribution in [0.15, 0.2) is 61.1 Å². The van der Waals surface area contributed by atoms with Gasteiger partial charge in [-0.05, 0) is 55.2 Å². The van der Waals surface area contributed by atoms with Crippen molar-refractivity contribution in [3.05, 3.63) is 88.6 Å². The van der Waals surface area contributed by atoms with Gasteiger partial charge < -0.3 is 10.1 Å². The van der Waals surface area contributed by atoms with E-state index in [0.717, 1.165) is 23.9 Å². The van der Waals surface area contributed by atoms with E-state index in [-0.39, 0.29) is 24.3 Å². The Kier molecular flexibility index (Phi) is 8.00. The summed E-state index contributed by atoms with van der Waals surface area (Å²) in [5, 5.41) is 3.39. The Balaban J connectivity index is 1.75. The van der Waals surface area contributed by atoms with Crippen LogP contribution in [-0.4, -0.2) is 28.0 Å². The maximum Gasteiger partial charge on any atom is 0.417 e. The topological polar surface area (TPSA) is 64.1 Å². The Morgan fingerprint density at radius 1 is 1.06 bits per heavy atom. The van der Waals surface area contributed by atoms with Crippen molar-refractivity contribution in [1.82, 2.24) is 15.3 Å². The Labute approximate surface area is 205 Å². The van der Waals surface area contributed by atoms with Gasteiger partial charge in [0.2, 0.25) is 5.88 Å². The van der Waals surface area contributed by atoms with Crippen molar-refractivity contribution in [3.8, 4) is 5.88 Å². The molecule has 0 radical (unpaired) electrons. The first kappa shape index (κ1) is 26.4. The van der Waals surface area contributed by atoms with Gasteiger partial charge in [-0.2, -0.15) is 13.2 Å². The number of ether oxygens (including phenoxy) is 1. The van der Waals surface area contributed by atoms with Gasteiger partial charge in [-0.1, -0.05) is 30.7 Å². The van der Waals surface area contributed by atoms with E-state index >= 15 is 0 Å².